The Kier molecular flexibility index (Phi) is 5.49. The molecule has 0 bridgehead atoms. The number of aromatic nitrogens is 2. The number of hydrogen-bond acceptors (Lipinski definition) is 2. The van der Waals surface area contributed by atoms with E-state index in [2.05, 4.69) is 120 Å². The van der Waals surface area contributed by atoms with Crippen LogP contribution in [0.5, 0.6) is 0 Å². The van der Waals surface area contributed by atoms with E-state index < -0.39 is 0 Å². The van der Waals surface area contributed by atoms with Gasteiger partial charge >= 0.3 is 0 Å². The van der Waals surface area contributed by atoms with Gasteiger partial charge in [-0.15, -0.1) is 0 Å². The molecule has 0 spiro atoms. The highest BCUT2D eigenvalue weighted by Crippen LogP contribution is 2.44. The van der Waals surface area contributed by atoms with Crippen LogP contribution in [0.3, 0.4) is 0 Å². The average Bonchev–Trinajstić information content (AvgIpc) is 3.01. The van der Waals surface area contributed by atoms with Crippen molar-refractivity contribution in [3.8, 4) is 44.9 Å². The van der Waals surface area contributed by atoms with E-state index in [4.69, 9.17) is 4.98 Å². The minimum Gasteiger partial charge on any atom is -0.255 e. The van der Waals surface area contributed by atoms with Gasteiger partial charge in [0, 0.05) is 11.8 Å². The lowest BCUT2D eigenvalue weighted by Crippen LogP contribution is -1.92. The van der Waals surface area contributed by atoms with Crippen LogP contribution in [-0.2, 0) is 0 Å². The van der Waals surface area contributed by atoms with Gasteiger partial charge in [0.1, 0.15) is 0 Å². The molecule has 0 aliphatic rings. The monoisotopic (exact) mass is 484 g/mol. The zero-order chi connectivity index (χ0) is 25.3. The first-order valence-electron chi connectivity index (χ1n) is 12.8. The van der Waals surface area contributed by atoms with Crippen molar-refractivity contribution in [2.45, 2.75) is 0 Å². The normalized spacial score (nSPS) is 11.2. The minimum absolute atomic E-state index is 0.872. The molecule has 5 aromatic carbocycles. The first kappa shape index (κ1) is 22.1. The van der Waals surface area contributed by atoms with Crippen molar-refractivity contribution in [3.63, 3.8) is 0 Å². The summed E-state index contributed by atoms with van der Waals surface area (Å²) in [5, 5.41) is 5.01. The van der Waals surface area contributed by atoms with Gasteiger partial charge < -0.3 is 0 Å². The van der Waals surface area contributed by atoms with Gasteiger partial charge in [-0.2, -0.15) is 0 Å². The lowest BCUT2D eigenvalue weighted by molar-refractivity contribution is 1.25. The largest absolute Gasteiger partial charge is 0.255 e. The summed E-state index contributed by atoms with van der Waals surface area (Å²) in [6, 6.07) is 49.0. The molecule has 7 aromatic rings. The zero-order valence-electron chi connectivity index (χ0n) is 20.8. The maximum atomic E-state index is 4.96. The summed E-state index contributed by atoms with van der Waals surface area (Å²) >= 11 is 0. The Morgan fingerprint density at radius 3 is 1.50 bits per heavy atom. The van der Waals surface area contributed by atoms with Crippen LogP contribution in [0.25, 0.3) is 66.4 Å². The number of benzene rings is 5. The Morgan fingerprint density at radius 2 is 0.842 bits per heavy atom. The van der Waals surface area contributed by atoms with Gasteiger partial charge in [-0.25, -0.2) is 4.98 Å². The van der Waals surface area contributed by atoms with Crippen molar-refractivity contribution in [2.75, 3.05) is 0 Å². The van der Waals surface area contributed by atoms with E-state index in [-0.39, 0.29) is 0 Å². The third kappa shape index (κ3) is 3.84. The molecule has 0 radical (unpaired) electrons. The van der Waals surface area contributed by atoms with Crippen molar-refractivity contribution in [3.05, 3.63) is 146 Å². The molecule has 0 saturated heterocycles. The molecular formula is C36H24N2. The van der Waals surface area contributed by atoms with Gasteiger partial charge in [0.05, 0.1) is 17.1 Å². The second kappa shape index (κ2) is 9.42. The van der Waals surface area contributed by atoms with E-state index in [0.717, 1.165) is 22.6 Å². The Morgan fingerprint density at radius 1 is 0.342 bits per heavy atom. The first-order valence-corrected chi connectivity index (χ1v) is 12.8. The fraction of sp³-hybridized carbons (Fsp3) is 0. The highest BCUT2D eigenvalue weighted by atomic mass is 14.8. The standard InChI is InChI=1S/C36H24N2/c1-2-12-25(13-3-1)35-28-16-4-6-18-30(28)36(31-19-7-5-17-29(31)35)27-15-10-14-26(24-27)32-21-11-22-34(38-32)33-20-8-9-23-37-33/h1-24H. The molecule has 7 rings (SSSR count). The van der Waals surface area contributed by atoms with E-state index in [1.54, 1.807) is 6.20 Å². The van der Waals surface area contributed by atoms with Crippen LogP contribution >= 0.6 is 0 Å². The average molecular weight is 485 g/mol. The third-order valence-electron chi connectivity index (χ3n) is 7.12. The SMILES string of the molecule is c1ccc(-c2c3ccccc3c(-c3cccc(-c4cccc(-c5ccccn5)n4)c3)c3ccccc23)cc1. The molecule has 0 amide bonds. The highest BCUT2D eigenvalue weighted by Gasteiger charge is 2.16. The molecule has 2 heterocycles. The third-order valence-corrected chi connectivity index (χ3v) is 7.12. The molecule has 178 valence electrons. The Hall–Kier alpha value is -5.08. The molecule has 0 N–H and O–H groups in total. The summed E-state index contributed by atoms with van der Waals surface area (Å²) in [4.78, 5) is 9.45. The van der Waals surface area contributed by atoms with Crippen LogP contribution < -0.4 is 0 Å². The van der Waals surface area contributed by atoms with Gasteiger partial charge in [-0.3, -0.25) is 4.98 Å². The Labute approximate surface area is 221 Å². The lowest BCUT2D eigenvalue weighted by atomic mass is 9.85. The predicted molar refractivity (Wildman–Crippen MR) is 159 cm³/mol. The van der Waals surface area contributed by atoms with E-state index in [9.17, 15) is 0 Å². The molecule has 2 aromatic heterocycles. The van der Waals surface area contributed by atoms with Gasteiger partial charge in [0.2, 0.25) is 0 Å². The summed E-state index contributed by atoms with van der Waals surface area (Å²) in [7, 11) is 0. The summed E-state index contributed by atoms with van der Waals surface area (Å²) in [6.45, 7) is 0. The molecule has 0 saturated carbocycles. The maximum Gasteiger partial charge on any atom is 0.0893 e. The minimum atomic E-state index is 0.872. The fourth-order valence-electron chi connectivity index (χ4n) is 5.44. The van der Waals surface area contributed by atoms with E-state index in [1.165, 1.54) is 43.8 Å². The second-order valence-electron chi connectivity index (χ2n) is 9.41. The van der Waals surface area contributed by atoms with E-state index in [1.807, 2.05) is 24.3 Å². The first-order chi connectivity index (χ1) is 18.9. The number of hydrogen-bond donors (Lipinski definition) is 0. The number of pyridine rings is 2. The summed E-state index contributed by atoms with van der Waals surface area (Å²) in [5.41, 5.74) is 8.70. The Bertz CT molecular complexity index is 1850. The van der Waals surface area contributed by atoms with Crippen molar-refractivity contribution in [1.82, 2.24) is 9.97 Å². The van der Waals surface area contributed by atoms with Crippen molar-refractivity contribution < 1.29 is 0 Å². The highest BCUT2D eigenvalue weighted by molar-refractivity contribution is 6.21. The molecule has 0 aliphatic heterocycles. The molecule has 0 unspecified atom stereocenters. The quantitative estimate of drug-likeness (QED) is 0.233. The van der Waals surface area contributed by atoms with Crippen LogP contribution in [0, 0.1) is 0 Å². The lowest BCUT2D eigenvalue weighted by Gasteiger charge is -2.18. The smallest absolute Gasteiger partial charge is 0.0893 e. The molecule has 0 aliphatic carbocycles. The van der Waals surface area contributed by atoms with Gasteiger partial charge in [0.25, 0.3) is 0 Å². The number of fused-ring (bicyclic) bond motifs is 2. The fourth-order valence-corrected chi connectivity index (χ4v) is 5.44. The van der Waals surface area contributed by atoms with Gasteiger partial charge in [-0.1, -0.05) is 109 Å². The molecule has 38 heavy (non-hydrogen) atoms. The van der Waals surface area contributed by atoms with Crippen molar-refractivity contribution in [1.29, 1.82) is 0 Å². The number of nitrogens with zero attached hydrogens (tertiary/aromatic N) is 2. The van der Waals surface area contributed by atoms with Crippen molar-refractivity contribution >= 4 is 21.5 Å². The summed E-state index contributed by atoms with van der Waals surface area (Å²) in [6.07, 6.45) is 1.81. The maximum absolute atomic E-state index is 4.96. The van der Waals surface area contributed by atoms with Crippen LogP contribution in [0.15, 0.2) is 146 Å². The number of rotatable bonds is 4. The molecular weight excluding hydrogens is 460 g/mol. The van der Waals surface area contributed by atoms with E-state index >= 15 is 0 Å². The van der Waals surface area contributed by atoms with Crippen LogP contribution in [0.1, 0.15) is 0 Å². The molecule has 2 nitrogen and oxygen atoms in total. The van der Waals surface area contributed by atoms with E-state index in [0.29, 0.717) is 0 Å². The zero-order valence-corrected chi connectivity index (χ0v) is 20.8. The molecule has 0 fully saturated rings. The molecule has 0 atom stereocenters. The van der Waals surface area contributed by atoms with Crippen LogP contribution in [0.2, 0.25) is 0 Å². The molecule has 2 heteroatoms. The van der Waals surface area contributed by atoms with Crippen LogP contribution in [0.4, 0.5) is 0 Å². The predicted octanol–water partition coefficient (Wildman–Crippen LogP) is 9.45. The summed E-state index contributed by atoms with van der Waals surface area (Å²) in [5.74, 6) is 0. The van der Waals surface area contributed by atoms with Gasteiger partial charge in [0.15, 0.2) is 0 Å². The second-order valence-corrected chi connectivity index (χ2v) is 9.41. The topological polar surface area (TPSA) is 25.8 Å². The van der Waals surface area contributed by atoms with Gasteiger partial charge in [-0.05, 0) is 74.1 Å². The van der Waals surface area contributed by atoms with Crippen molar-refractivity contribution in [2.24, 2.45) is 0 Å². The Balaban J connectivity index is 1.46. The summed E-state index contributed by atoms with van der Waals surface area (Å²) < 4.78 is 0. The van der Waals surface area contributed by atoms with Crippen LogP contribution in [-0.4, -0.2) is 9.97 Å².